The molecule has 1 aliphatic heterocycles. The molecule has 0 bridgehead atoms. The summed E-state index contributed by atoms with van der Waals surface area (Å²) in [5.41, 5.74) is 2.80. The molecule has 2 aromatic rings. The molecule has 8 heteroatoms. The predicted octanol–water partition coefficient (Wildman–Crippen LogP) is 4.09. The van der Waals surface area contributed by atoms with Crippen LogP contribution in [0.3, 0.4) is 0 Å². The van der Waals surface area contributed by atoms with Gasteiger partial charge in [0.15, 0.2) is 5.11 Å². The van der Waals surface area contributed by atoms with Crippen molar-refractivity contribution in [3.8, 4) is 0 Å². The number of carbonyl (C=O) groups excluding carboxylic acids is 2. The van der Waals surface area contributed by atoms with E-state index in [0.717, 1.165) is 11.3 Å². The molecule has 1 atom stereocenters. The highest BCUT2D eigenvalue weighted by molar-refractivity contribution is 7.80. The minimum Gasteiger partial charge on any atom is -0.459 e. The normalized spacial score (nSPS) is 16.7. The number of hydrogen-bond acceptors (Lipinski definition) is 5. The second-order valence-electron chi connectivity index (χ2n) is 6.95. The fourth-order valence-electron chi connectivity index (χ4n) is 2.99. The molecule has 0 aliphatic carbocycles. The average Bonchev–Trinajstić information content (AvgIpc) is 3.20. The second kappa shape index (κ2) is 8.75. The predicted molar refractivity (Wildman–Crippen MR) is 119 cm³/mol. The first kappa shape index (κ1) is 21.0. The second-order valence-corrected chi connectivity index (χ2v) is 8.28. The molecule has 1 aromatic carbocycles. The van der Waals surface area contributed by atoms with Crippen molar-refractivity contribution >= 4 is 46.2 Å². The molecule has 0 saturated carbocycles. The lowest BCUT2D eigenvalue weighted by Crippen LogP contribution is -2.46. The van der Waals surface area contributed by atoms with Crippen LogP contribution < -0.4 is 10.6 Å². The molecule has 0 fully saturated rings. The van der Waals surface area contributed by atoms with Crippen molar-refractivity contribution in [2.75, 3.05) is 12.4 Å². The van der Waals surface area contributed by atoms with Crippen molar-refractivity contribution in [1.82, 2.24) is 10.2 Å². The lowest BCUT2D eigenvalue weighted by atomic mass is 9.95. The fourth-order valence-corrected chi connectivity index (χ4v) is 3.86. The minimum absolute atomic E-state index is 0.150. The standard InChI is InChI=1S/C21H23N3O3S2/c1-12(2)27-20(26)17-13(3)24(4)21(28)23-18(17)14-7-9-15(10-8-14)22-19(25)16-6-5-11-29-16/h5-12,18H,1-4H3,(H,22,25)(H,23,28). The van der Waals surface area contributed by atoms with Gasteiger partial charge in [0.05, 0.1) is 22.6 Å². The van der Waals surface area contributed by atoms with E-state index < -0.39 is 6.04 Å². The highest BCUT2D eigenvalue weighted by Gasteiger charge is 2.33. The van der Waals surface area contributed by atoms with Gasteiger partial charge in [0.1, 0.15) is 0 Å². The van der Waals surface area contributed by atoms with Crippen molar-refractivity contribution in [3.63, 3.8) is 0 Å². The number of carbonyl (C=O) groups is 2. The topological polar surface area (TPSA) is 70.7 Å². The Hall–Kier alpha value is -2.71. The number of benzene rings is 1. The molecule has 2 N–H and O–H groups in total. The molecule has 152 valence electrons. The molecule has 1 amide bonds. The van der Waals surface area contributed by atoms with E-state index in [1.54, 1.807) is 11.0 Å². The molecule has 0 spiro atoms. The van der Waals surface area contributed by atoms with Crippen molar-refractivity contribution < 1.29 is 14.3 Å². The van der Waals surface area contributed by atoms with E-state index in [-0.39, 0.29) is 18.0 Å². The van der Waals surface area contributed by atoms with Crippen LogP contribution in [0.15, 0.2) is 53.0 Å². The summed E-state index contributed by atoms with van der Waals surface area (Å²) in [6.45, 7) is 5.49. The minimum atomic E-state index is -0.424. The van der Waals surface area contributed by atoms with E-state index in [1.807, 2.05) is 63.5 Å². The van der Waals surface area contributed by atoms with Crippen LogP contribution >= 0.6 is 23.6 Å². The van der Waals surface area contributed by atoms with Crippen molar-refractivity contribution in [2.45, 2.75) is 32.9 Å². The van der Waals surface area contributed by atoms with Crippen LogP contribution in [0.4, 0.5) is 5.69 Å². The third-order valence-corrected chi connectivity index (χ3v) is 5.82. The summed E-state index contributed by atoms with van der Waals surface area (Å²) >= 11 is 6.80. The van der Waals surface area contributed by atoms with Crippen molar-refractivity contribution in [1.29, 1.82) is 0 Å². The Labute approximate surface area is 179 Å². The molecular weight excluding hydrogens is 406 g/mol. The van der Waals surface area contributed by atoms with E-state index in [0.29, 0.717) is 21.3 Å². The maximum atomic E-state index is 12.8. The van der Waals surface area contributed by atoms with E-state index in [4.69, 9.17) is 17.0 Å². The van der Waals surface area contributed by atoms with Gasteiger partial charge in [-0.2, -0.15) is 0 Å². The number of esters is 1. The largest absolute Gasteiger partial charge is 0.459 e. The number of allylic oxidation sites excluding steroid dienone is 1. The zero-order valence-electron chi connectivity index (χ0n) is 16.7. The number of nitrogens with zero attached hydrogens (tertiary/aromatic N) is 1. The molecule has 0 saturated heterocycles. The van der Waals surface area contributed by atoms with Gasteiger partial charge < -0.3 is 20.3 Å². The Morgan fingerprint density at radius 3 is 2.52 bits per heavy atom. The quantitative estimate of drug-likeness (QED) is 0.551. The number of thiophene rings is 1. The Morgan fingerprint density at radius 2 is 1.93 bits per heavy atom. The van der Waals surface area contributed by atoms with Crippen LogP contribution in [-0.2, 0) is 9.53 Å². The van der Waals surface area contributed by atoms with E-state index in [2.05, 4.69) is 10.6 Å². The first-order valence-electron chi connectivity index (χ1n) is 9.18. The first-order chi connectivity index (χ1) is 13.8. The Morgan fingerprint density at radius 1 is 1.24 bits per heavy atom. The van der Waals surface area contributed by atoms with Crippen LogP contribution in [0, 0.1) is 0 Å². The van der Waals surface area contributed by atoms with Gasteiger partial charge in [-0.05, 0) is 62.1 Å². The summed E-state index contributed by atoms with van der Waals surface area (Å²) in [5, 5.41) is 8.48. The van der Waals surface area contributed by atoms with Gasteiger partial charge >= 0.3 is 5.97 Å². The van der Waals surface area contributed by atoms with Crippen LogP contribution in [0.2, 0.25) is 0 Å². The number of rotatable bonds is 5. The number of amides is 1. The highest BCUT2D eigenvalue weighted by atomic mass is 32.1. The highest BCUT2D eigenvalue weighted by Crippen LogP contribution is 2.31. The van der Waals surface area contributed by atoms with Crippen molar-refractivity contribution in [2.24, 2.45) is 0 Å². The third kappa shape index (κ3) is 4.65. The van der Waals surface area contributed by atoms with Crippen LogP contribution in [0.1, 0.15) is 42.0 Å². The summed E-state index contributed by atoms with van der Waals surface area (Å²) < 4.78 is 5.45. The average molecular weight is 430 g/mol. The summed E-state index contributed by atoms with van der Waals surface area (Å²) in [6, 6.07) is 10.5. The van der Waals surface area contributed by atoms with Gasteiger partial charge in [0.25, 0.3) is 5.91 Å². The summed E-state index contributed by atoms with van der Waals surface area (Å²) in [7, 11) is 1.81. The van der Waals surface area contributed by atoms with Crippen LogP contribution in [0.25, 0.3) is 0 Å². The number of thiocarbonyl (C=S) groups is 1. The Bertz CT molecular complexity index is 950. The van der Waals surface area contributed by atoms with Gasteiger partial charge in [0.2, 0.25) is 0 Å². The summed E-state index contributed by atoms with van der Waals surface area (Å²) in [4.78, 5) is 27.4. The SMILES string of the molecule is CC1=C(C(=O)OC(C)C)C(c2ccc(NC(=O)c3cccs3)cc2)NC(=S)N1C. The van der Waals surface area contributed by atoms with Gasteiger partial charge in [-0.3, -0.25) is 4.79 Å². The molecular formula is C21H23N3O3S2. The fraction of sp³-hybridized carbons (Fsp3) is 0.286. The first-order valence-corrected chi connectivity index (χ1v) is 10.5. The molecule has 2 heterocycles. The van der Waals surface area contributed by atoms with Gasteiger partial charge in [-0.1, -0.05) is 18.2 Å². The smallest absolute Gasteiger partial charge is 0.338 e. The third-order valence-electron chi connectivity index (χ3n) is 4.56. The maximum absolute atomic E-state index is 12.8. The summed E-state index contributed by atoms with van der Waals surface area (Å²) in [6.07, 6.45) is -0.225. The van der Waals surface area contributed by atoms with E-state index in [1.165, 1.54) is 11.3 Å². The zero-order valence-corrected chi connectivity index (χ0v) is 18.3. The molecule has 29 heavy (non-hydrogen) atoms. The van der Waals surface area contributed by atoms with Gasteiger partial charge in [0, 0.05) is 18.4 Å². The lowest BCUT2D eigenvalue weighted by molar-refractivity contribution is -0.143. The van der Waals surface area contributed by atoms with Crippen molar-refractivity contribution in [3.05, 3.63) is 63.5 Å². The Kier molecular flexibility index (Phi) is 6.34. The molecule has 1 aromatic heterocycles. The van der Waals surface area contributed by atoms with Gasteiger partial charge in [-0.25, -0.2) is 4.79 Å². The lowest BCUT2D eigenvalue weighted by Gasteiger charge is -2.35. The monoisotopic (exact) mass is 429 g/mol. The number of ether oxygens (including phenoxy) is 1. The number of hydrogen-bond donors (Lipinski definition) is 2. The Balaban J connectivity index is 1.86. The van der Waals surface area contributed by atoms with E-state index >= 15 is 0 Å². The molecule has 1 unspecified atom stereocenters. The van der Waals surface area contributed by atoms with Crippen LogP contribution in [0.5, 0.6) is 0 Å². The molecule has 3 rings (SSSR count). The molecule has 6 nitrogen and oxygen atoms in total. The number of anilines is 1. The number of nitrogens with one attached hydrogen (secondary N) is 2. The van der Waals surface area contributed by atoms with Crippen LogP contribution in [-0.4, -0.2) is 35.0 Å². The zero-order chi connectivity index (χ0) is 21.1. The van der Waals surface area contributed by atoms with Gasteiger partial charge in [-0.15, -0.1) is 11.3 Å². The maximum Gasteiger partial charge on any atom is 0.338 e. The van der Waals surface area contributed by atoms with E-state index in [9.17, 15) is 9.59 Å². The molecule has 0 radical (unpaired) electrons. The molecule has 1 aliphatic rings. The summed E-state index contributed by atoms with van der Waals surface area (Å²) in [5.74, 6) is -0.525.